The Balaban J connectivity index is 1.62. The molecule has 0 aliphatic rings. The monoisotopic (exact) mass is 424 g/mol. The Morgan fingerprint density at radius 3 is 2.43 bits per heavy atom. The second-order valence-corrected chi connectivity index (χ2v) is 7.09. The highest BCUT2D eigenvalue weighted by Gasteiger charge is 2.12. The van der Waals surface area contributed by atoms with Crippen LogP contribution in [0.1, 0.15) is 26.3 Å². The van der Waals surface area contributed by atoms with Crippen LogP contribution in [-0.4, -0.2) is 30.6 Å². The predicted molar refractivity (Wildman–Crippen MR) is 117 cm³/mol. The van der Waals surface area contributed by atoms with E-state index in [0.717, 1.165) is 16.7 Å². The molecule has 0 bridgehead atoms. The molecule has 4 N–H and O–H groups in total. The summed E-state index contributed by atoms with van der Waals surface area (Å²) in [6, 6.07) is 17.3. The van der Waals surface area contributed by atoms with Crippen LogP contribution < -0.4 is 15.8 Å². The third-order valence-electron chi connectivity index (χ3n) is 4.67. The van der Waals surface area contributed by atoms with Crippen LogP contribution in [0.2, 0.25) is 5.02 Å². The largest absolute Gasteiger partial charge is 0.496 e. The molecular formula is C23H21ClN2O4. The van der Waals surface area contributed by atoms with Gasteiger partial charge in [-0.25, -0.2) is 4.79 Å². The van der Waals surface area contributed by atoms with Gasteiger partial charge in [-0.3, -0.25) is 4.79 Å². The zero-order chi connectivity index (χ0) is 21.7. The van der Waals surface area contributed by atoms with Crippen molar-refractivity contribution in [2.24, 2.45) is 0 Å². The first-order valence-electron chi connectivity index (χ1n) is 9.23. The van der Waals surface area contributed by atoms with E-state index in [0.29, 0.717) is 35.0 Å². The van der Waals surface area contributed by atoms with E-state index in [1.54, 1.807) is 24.3 Å². The van der Waals surface area contributed by atoms with Crippen molar-refractivity contribution < 1.29 is 19.4 Å². The molecule has 30 heavy (non-hydrogen) atoms. The number of hydrogen-bond acceptors (Lipinski definition) is 4. The van der Waals surface area contributed by atoms with Gasteiger partial charge < -0.3 is 20.9 Å². The summed E-state index contributed by atoms with van der Waals surface area (Å²) in [5.41, 5.74) is 9.65. The van der Waals surface area contributed by atoms with E-state index in [1.165, 1.54) is 19.2 Å². The number of anilines is 1. The van der Waals surface area contributed by atoms with Gasteiger partial charge in [-0.2, -0.15) is 0 Å². The van der Waals surface area contributed by atoms with Gasteiger partial charge >= 0.3 is 5.97 Å². The number of amides is 1. The molecule has 0 radical (unpaired) electrons. The summed E-state index contributed by atoms with van der Waals surface area (Å²) in [5, 5.41) is 12.4. The molecule has 0 fully saturated rings. The third-order valence-corrected chi connectivity index (χ3v) is 4.90. The van der Waals surface area contributed by atoms with Crippen molar-refractivity contribution in [1.82, 2.24) is 5.32 Å². The number of nitrogens with one attached hydrogen (secondary N) is 1. The number of carbonyl (C=O) groups excluding carboxylic acids is 1. The summed E-state index contributed by atoms with van der Waals surface area (Å²) in [4.78, 5) is 23.5. The first kappa shape index (κ1) is 21.2. The van der Waals surface area contributed by atoms with Gasteiger partial charge in [0, 0.05) is 22.8 Å². The zero-order valence-electron chi connectivity index (χ0n) is 16.3. The van der Waals surface area contributed by atoms with E-state index in [2.05, 4.69) is 5.32 Å². The number of hydrogen-bond donors (Lipinski definition) is 3. The van der Waals surface area contributed by atoms with Crippen LogP contribution in [0.15, 0.2) is 60.7 Å². The molecule has 154 valence electrons. The zero-order valence-corrected chi connectivity index (χ0v) is 17.1. The van der Waals surface area contributed by atoms with Gasteiger partial charge in [-0.05, 0) is 47.9 Å². The number of carboxylic acids is 1. The summed E-state index contributed by atoms with van der Waals surface area (Å²) in [6.45, 7) is 0.448. The van der Waals surface area contributed by atoms with Crippen molar-refractivity contribution in [2.75, 3.05) is 19.4 Å². The molecule has 3 aromatic carbocycles. The van der Waals surface area contributed by atoms with Crippen LogP contribution >= 0.6 is 11.6 Å². The molecule has 0 aliphatic heterocycles. The predicted octanol–water partition coefficient (Wildman–Crippen LogP) is 4.27. The molecule has 0 heterocycles. The Bertz CT molecular complexity index is 1080. The molecule has 0 unspecified atom stereocenters. The van der Waals surface area contributed by atoms with Gasteiger partial charge in [0.2, 0.25) is 0 Å². The summed E-state index contributed by atoms with van der Waals surface area (Å²) in [7, 11) is 1.50. The van der Waals surface area contributed by atoms with Gasteiger partial charge in [-0.1, -0.05) is 41.9 Å². The van der Waals surface area contributed by atoms with Gasteiger partial charge in [0.1, 0.15) is 5.75 Å². The van der Waals surface area contributed by atoms with Gasteiger partial charge in [-0.15, -0.1) is 0 Å². The number of carboxylic acid groups (broad SMARTS) is 1. The lowest BCUT2D eigenvalue weighted by Crippen LogP contribution is -2.26. The quantitative estimate of drug-likeness (QED) is 0.491. The summed E-state index contributed by atoms with van der Waals surface area (Å²) in [6.07, 6.45) is 0.641. The van der Waals surface area contributed by atoms with E-state index in [4.69, 9.17) is 27.2 Å². The molecule has 6 nitrogen and oxygen atoms in total. The van der Waals surface area contributed by atoms with Crippen LogP contribution in [0.3, 0.4) is 0 Å². The third kappa shape index (κ3) is 4.90. The average molecular weight is 425 g/mol. The number of ether oxygens (including phenoxy) is 1. The lowest BCUT2D eigenvalue weighted by atomic mass is 10.00. The maximum atomic E-state index is 12.4. The van der Waals surface area contributed by atoms with E-state index < -0.39 is 5.97 Å². The van der Waals surface area contributed by atoms with Crippen molar-refractivity contribution in [3.05, 3.63) is 82.4 Å². The number of nitrogens with two attached hydrogens (primary N) is 1. The van der Waals surface area contributed by atoms with Crippen LogP contribution in [-0.2, 0) is 6.42 Å². The molecule has 0 spiro atoms. The van der Waals surface area contributed by atoms with Crippen LogP contribution in [0.4, 0.5) is 5.69 Å². The van der Waals surface area contributed by atoms with Crippen molar-refractivity contribution in [1.29, 1.82) is 0 Å². The minimum Gasteiger partial charge on any atom is -0.496 e. The van der Waals surface area contributed by atoms with Gasteiger partial charge in [0.05, 0.1) is 18.2 Å². The van der Waals surface area contributed by atoms with Crippen LogP contribution in [0.25, 0.3) is 11.1 Å². The molecule has 0 atom stereocenters. The Hall–Kier alpha value is -3.51. The second-order valence-electron chi connectivity index (χ2n) is 6.65. The number of methoxy groups -OCH3 is 1. The highest BCUT2D eigenvalue weighted by molar-refractivity contribution is 6.31. The van der Waals surface area contributed by atoms with E-state index in [9.17, 15) is 9.59 Å². The Kier molecular flexibility index (Phi) is 6.59. The SMILES string of the molecule is COc1ccc(Cl)cc1C(=O)NCCc1ccc(-c2ccc(C(=O)O)cc2N)cc1. The van der Waals surface area contributed by atoms with Crippen molar-refractivity contribution in [2.45, 2.75) is 6.42 Å². The van der Waals surface area contributed by atoms with E-state index >= 15 is 0 Å². The van der Waals surface area contributed by atoms with E-state index in [-0.39, 0.29) is 11.5 Å². The van der Waals surface area contributed by atoms with Crippen molar-refractivity contribution in [3.8, 4) is 16.9 Å². The van der Waals surface area contributed by atoms with Gasteiger partial charge in [0.15, 0.2) is 0 Å². The molecule has 0 aliphatic carbocycles. The molecular weight excluding hydrogens is 404 g/mol. The molecule has 3 rings (SSSR count). The van der Waals surface area contributed by atoms with Crippen molar-refractivity contribution in [3.63, 3.8) is 0 Å². The lowest BCUT2D eigenvalue weighted by molar-refractivity contribution is 0.0696. The molecule has 7 heteroatoms. The molecule has 0 saturated heterocycles. The summed E-state index contributed by atoms with van der Waals surface area (Å²) < 4.78 is 5.21. The number of halogens is 1. The minimum absolute atomic E-state index is 0.153. The van der Waals surface area contributed by atoms with E-state index in [1.807, 2.05) is 24.3 Å². The normalized spacial score (nSPS) is 10.5. The number of carbonyl (C=O) groups is 2. The lowest BCUT2D eigenvalue weighted by Gasteiger charge is -2.11. The van der Waals surface area contributed by atoms with Crippen LogP contribution in [0.5, 0.6) is 5.75 Å². The van der Waals surface area contributed by atoms with Gasteiger partial charge in [0.25, 0.3) is 5.91 Å². The minimum atomic E-state index is -1.01. The maximum Gasteiger partial charge on any atom is 0.335 e. The molecule has 1 amide bonds. The average Bonchev–Trinajstić information content (AvgIpc) is 2.74. The first-order chi connectivity index (χ1) is 14.4. The number of aromatic carboxylic acids is 1. The summed E-state index contributed by atoms with van der Waals surface area (Å²) in [5.74, 6) is -0.800. The molecule has 0 aromatic heterocycles. The Morgan fingerprint density at radius 2 is 1.80 bits per heavy atom. The summed E-state index contributed by atoms with van der Waals surface area (Å²) >= 11 is 5.97. The Labute approximate surface area is 179 Å². The fraction of sp³-hybridized carbons (Fsp3) is 0.130. The highest BCUT2D eigenvalue weighted by Crippen LogP contribution is 2.27. The number of nitrogen functional groups attached to an aromatic ring is 1. The molecule has 3 aromatic rings. The highest BCUT2D eigenvalue weighted by atomic mass is 35.5. The number of rotatable bonds is 7. The molecule has 0 saturated carbocycles. The maximum absolute atomic E-state index is 12.4. The first-order valence-corrected chi connectivity index (χ1v) is 9.60. The smallest absolute Gasteiger partial charge is 0.335 e. The fourth-order valence-electron chi connectivity index (χ4n) is 3.08. The Morgan fingerprint density at radius 1 is 1.07 bits per heavy atom. The van der Waals surface area contributed by atoms with Crippen LogP contribution in [0, 0.1) is 0 Å². The topological polar surface area (TPSA) is 102 Å². The number of benzene rings is 3. The standard InChI is InChI=1S/C23H21ClN2O4/c1-30-21-9-7-17(24)13-19(21)22(27)26-11-10-14-2-4-15(5-3-14)18-8-6-16(23(28)29)12-20(18)25/h2-9,12-13H,10-11,25H2,1H3,(H,26,27)(H,28,29). The van der Waals surface area contributed by atoms with Crippen molar-refractivity contribution >= 4 is 29.2 Å². The fourth-order valence-corrected chi connectivity index (χ4v) is 3.25. The second kappa shape index (κ2) is 9.33.